The first kappa shape index (κ1) is 23.8. The number of carbonyl (C=O) groups excluding carboxylic acids is 1. The zero-order chi connectivity index (χ0) is 23.6. The Bertz CT molecular complexity index is 1150. The average Bonchev–Trinajstić information content (AvgIpc) is 2.83. The molecule has 0 fully saturated rings. The van der Waals surface area contributed by atoms with Gasteiger partial charge < -0.3 is 14.2 Å². The summed E-state index contributed by atoms with van der Waals surface area (Å²) < 4.78 is 29.6. The van der Waals surface area contributed by atoms with E-state index in [-0.39, 0.29) is 12.4 Å². The monoisotopic (exact) mass is 468 g/mol. The van der Waals surface area contributed by atoms with E-state index in [0.29, 0.717) is 40.0 Å². The summed E-state index contributed by atoms with van der Waals surface area (Å²) >= 11 is 6.09. The van der Waals surface area contributed by atoms with Crippen molar-refractivity contribution >= 4 is 23.7 Å². The summed E-state index contributed by atoms with van der Waals surface area (Å²) in [7, 11) is 1.49. The van der Waals surface area contributed by atoms with E-state index in [4.69, 9.17) is 25.8 Å². The molecule has 3 aromatic carbocycles. The Morgan fingerprint density at radius 1 is 1.06 bits per heavy atom. The first-order valence-corrected chi connectivity index (χ1v) is 10.3. The minimum Gasteiger partial charge on any atom is -0.493 e. The minimum absolute atomic E-state index is 0.231. The van der Waals surface area contributed by atoms with Crippen molar-refractivity contribution in [3.05, 3.63) is 101 Å². The van der Waals surface area contributed by atoms with E-state index >= 15 is 0 Å². The van der Waals surface area contributed by atoms with Gasteiger partial charge in [0.15, 0.2) is 11.5 Å². The third-order valence-corrected chi connectivity index (χ3v) is 4.67. The van der Waals surface area contributed by atoms with Crippen molar-refractivity contribution in [2.24, 2.45) is 5.10 Å². The van der Waals surface area contributed by atoms with Crippen LogP contribution >= 0.6 is 11.6 Å². The number of rotatable bonds is 10. The van der Waals surface area contributed by atoms with Crippen molar-refractivity contribution in [3.63, 3.8) is 0 Å². The van der Waals surface area contributed by atoms with Crippen LogP contribution in [0.4, 0.5) is 4.39 Å². The molecule has 0 heterocycles. The third kappa shape index (κ3) is 6.82. The fourth-order valence-corrected chi connectivity index (χ4v) is 2.98. The van der Waals surface area contributed by atoms with Gasteiger partial charge in [-0.15, -0.1) is 0 Å². The van der Waals surface area contributed by atoms with Crippen LogP contribution in [0.2, 0.25) is 5.02 Å². The molecule has 170 valence electrons. The molecule has 0 spiro atoms. The van der Waals surface area contributed by atoms with E-state index in [1.165, 1.54) is 25.5 Å². The Labute approximate surface area is 196 Å². The predicted molar refractivity (Wildman–Crippen MR) is 126 cm³/mol. The van der Waals surface area contributed by atoms with Crippen LogP contribution in [0.15, 0.2) is 78.4 Å². The molecule has 1 N–H and O–H groups in total. The van der Waals surface area contributed by atoms with Crippen LogP contribution in [-0.2, 0) is 6.61 Å². The zero-order valence-corrected chi connectivity index (χ0v) is 18.6. The highest BCUT2D eigenvalue weighted by Gasteiger charge is 2.11. The van der Waals surface area contributed by atoms with E-state index in [0.717, 1.165) is 5.56 Å². The molecule has 3 aromatic rings. The third-order valence-electron chi connectivity index (χ3n) is 4.43. The van der Waals surface area contributed by atoms with Gasteiger partial charge in [0.1, 0.15) is 24.8 Å². The lowest BCUT2D eigenvalue weighted by atomic mass is 10.2. The van der Waals surface area contributed by atoms with Crippen molar-refractivity contribution in [1.82, 2.24) is 5.43 Å². The maximum absolute atomic E-state index is 13.1. The van der Waals surface area contributed by atoms with Crippen molar-refractivity contribution in [2.75, 3.05) is 13.7 Å². The zero-order valence-electron chi connectivity index (χ0n) is 17.9. The first-order valence-electron chi connectivity index (χ1n) is 9.92. The molecular weight excluding hydrogens is 447 g/mol. The number of methoxy groups -OCH3 is 1. The predicted octanol–water partition coefficient (Wildman–Crippen LogP) is 5.40. The summed E-state index contributed by atoms with van der Waals surface area (Å²) in [5.74, 6) is 0.673. The Morgan fingerprint density at radius 2 is 1.82 bits per heavy atom. The number of benzene rings is 3. The summed E-state index contributed by atoms with van der Waals surface area (Å²) in [5.41, 5.74) is 4.18. The number of hydrazone groups is 1. The van der Waals surface area contributed by atoms with Gasteiger partial charge in [0.05, 0.1) is 13.3 Å². The number of nitrogens with one attached hydrogen (secondary N) is 1. The molecule has 0 bridgehead atoms. The second-order valence-corrected chi connectivity index (χ2v) is 7.20. The highest BCUT2D eigenvalue weighted by molar-refractivity contribution is 6.30. The molecule has 0 aliphatic rings. The van der Waals surface area contributed by atoms with Crippen molar-refractivity contribution < 1.29 is 23.4 Å². The van der Waals surface area contributed by atoms with Crippen LogP contribution in [-0.4, -0.2) is 25.8 Å². The lowest BCUT2D eigenvalue weighted by Gasteiger charge is -2.11. The molecule has 0 saturated carbocycles. The minimum atomic E-state index is -0.435. The molecule has 6 nitrogen and oxygen atoms in total. The smallest absolute Gasteiger partial charge is 0.271 e. The van der Waals surface area contributed by atoms with Gasteiger partial charge in [0, 0.05) is 16.1 Å². The van der Waals surface area contributed by atoms with E-state index < -0.39 is 5.91 Å². The highest BCUT2D eigenvalue weighted by atomic mass is 35.5. The second kappa shape index (κ2) is 11.7. The van der Waals surface area contributed by atoms with Crippen LogP contribution in [0, 0.1) is 5.82 Å². The Morgan fingerprint density at radius 3 is 2.55 bits per heavy atom. The van der Waals surface area contributed by atoms with Gasteiger partial charge in [-0.3, -0.25) is 4.79 Å². The number of halogens is 2. The van der Waals surface area contributed by atoms with Crippen LogP contribution < -0.4 is 19.6 Å². The maximum atomic E-state index is 13.1. The lowest BCUT2D eigenvalue weighted by molar-refractivity contribution is 0.0954. The van der Waals surface area contributed by atoms with E-state index in [2.05, 4.69) is 17.1 Å². The quantitative estimate of drug-likeness (QED) is 0.246. The fourth-order valence-electron chi connectivity index (χ4n) is 2.80. The Kier molecular flexibility index (Phi) is 8.43. The molecule has 1 amide bonds. The first-order chi connectivity index (χ1) is 16.0. The van der Waals surface area contributed by atoms with Crippen molar-refractivity contribution in [2.45, 2.75) is 6.61 Å². The molecule has 0 aromatic heterocycles. The van der Waals surface area contributed by atoms with Gasteiger partial charge in [0.2, 0.25) is 0 Å². The molecule has 0 saturated heterocycles. The lowest BCUT2D eigenvalue weighted by Crippen LogP contribution is -2.17. The maximum Gasteiger partial charge on any atom is 0.271 e. The van der Waals surface area contributed by atoms with Crippen LogP contribution in [0.5, 0.6) is 17.2 Å². The molecule has 33 heavy (non-hydrogen) atoms. The molecule has 0 unspecified atom stereocenters. The molecule has 0 aliphatic carbocycles. The van der Waals surface area contributed by atoms with Crippen LogP contribution in [0.1, 0.15) is 21.5 Å². The van der Waals surface area contributed by atoms with Gasteiger partial charge in [-0.05, 0) is 54.1 Å². The number of hydrogen-bond acceptors (Lipinski definition) is 5. The molecule has 0 aliphatic heterocycles. The SMILES string of the molecule is C=CCOc1ccc(C(=O)N/N=C/c2cc(Cl)ccc2OCc2ccc(F)cc2)cc1OC. The molecule has 8 heteroatoms. The molecule has 0 radical (unpaired) electrons. The van der Waals surface area contributed by atoms with Crippen molar-refractivity contribution in [1.29, 1.82) is 0 Å². The normalized spacial score (nSPS) is 10.6. The fraction of sp³-hybridized carbons (Fsp3) is 0.120. The summed E-state index contributed by atoms with van der Waals surface area (Å²) in [6, 6.07) is 15.8. The summed E-state index contributed by atoms with van der Waals surface area (Å²) in [6.07, 6.45) is 3.05. The summed E-state index contributed by atoms with van der Waals surface area (Å²) in [6.45, 7) is 4.15. The topological polar surface area (TPSA) is 69.2 Å². The van der Waals surface area contributed by atoms with Gasteiger partial charge in [-0.2, -0.15) is 5.10 Å². The van der Waals surface area contributed by atoms with Gasteiger partial charge in [-0.25, -0.2) is 9.82 Å². The van der Waals surface area contributed by atoms with E-state index in [1.807, 2.05) is 0 Å². The number of hydrogen-bond donors (Lipinski definition) is 1. The van der Waals surface area contributed by atoms with Gasteiger partial charge in [0.25, 0.3) is 5.91 Å². The molecule has 3 rings (SSSR count). The largest absolute Gasteiger partial charge is 0.493 e. The van der Waals surface area contributed by atoms with E-state index in [1.54, 1.807) is 54.6 Å². The molecular formula is C25H22ClFN2O4. The average molecular weight is 469 g/mol. The number of carbonyl (C=O) groups is 1. The number of ether oxygens (including phenoxy) is 3. The highest BCUT2D eigenvalue weighted by Crippen LogP contribution is 2.28. The van der Waals surface area contributed by atoms with Crippen molar-refractivity contribution in [3.8, 4) is 17.2 Å². The second-order valence-electron chi connectivity index (χ2n) is 6.76. The number of amides is 1. The van der Waals surface area contributed by atoms with Crippen LogP contribution in [0.25, 0.3) is 0 Å². The standard InChI is InChI=1S/C25H22ClFN2O4/c1-3-12-32-23-10-6-18(14-24(23)31-2)25(30)29-28-15-19-13-20(26)7-11-22(19)33-16-17-4-8-21(27)9-5-17/h3-11,13-15H,1,12,16H2,2H3,(H,29,30)/b28-15+. The summed E-state index contributed by atoms with van der Waals surface area (Å²) in [4.78, 5) is 12.5. The summed E-state index contributed by atoms with van der Waals surface area (Å²) in [5, 5.41) is 4.50. The van der Waals surface area contributed by atoms with Gasteiger partial charge >= 0.3 is 0 Å². The molecule has 0 atom stereocenters. The van der Waals surface area contributed by atoms with Crippen LogP contribution in [0.3, 0.4) is 0 Å². The Hall–Kier alpha value is -3.84. The van der Waals surface area contributed by atoms with Gasteiger partial charge in [-0.1, -0.05) is 36.4 Å². The number of nitrogens with zero attached hydrogens (tertiary/aromatic N) is 1. The Balaban J connectivity index is 1.68. The van der Waals surface area contributed by atoms with E-state index in [9.17, 15) is 9.18 Å².